The van der Waals surface area contributed by atoms with Gasteiger partial charge in [-0.2, -0.15) is 0 Å². The molecular formula is C15H20N4O. The van der Waals surface area contributed by atoms with Gasteiger partial charge in [-0.3, -0.25) is 4.79 Å². The number of benzene rings is 1. The Bertz CT molecular complexity index is 626. The van der Waals surface area contributed by atoms with Crippen LogP contribution in [0.1, 0.15) is 0 Å². The van der Waals surface area contributed by atoms with Crippen LogP contribution in [-0.4, -0.2) is 53.5 Å². The molecule has 0 saturated carbocycles. The average molecular weight is 272 g/mol. The van der Waals surface area contributed by atoms with E-state index < -0.39 is 0 Å². The molecule has 2 N–H and O–H groups in total. The summed E-state index contributed by atoms with van der Waals surface area (Å²) in [6, 6.07) is 7.81. The van der Waals surface area contributed by atoms with Gasteiger partial charge >= 0.3 is 0 Å². The van der Waals surface area contributed by atoms with Crippen molar-refractivity contribution < 1.29 is 4.79 Å². The predicted molar refractivity (Wildman–Crippen MR) is 80.4 cm³/mol. The first kappa shape index (κ1) is 13.0. The number of hydrogen-bond acceptors (Lipinski definition) is 3. The lowest BCUT2D eigenvalue weighted by Crippen LogP contribution is -2.48. The largest absolute Gasteiger partial charge is 0.399 e. The van der Waals surface area contributed by atoms with Gasteiger partial charge in [0, 0.05) is 38.1 Å². The Morgan fingerprint density at radius 3 is 2.70 bits per heavy atom. The molecule has 0 atom stereocenters. The van der Waals surface area contributed by atoms with Gasteiger partial charge in [0.25, 0.3) is 0 Å². The zero-order chi connectivity index (χ0) is 14.1. The van der Waals surface area contributed by atoms with E-state index in [-0.39, 0.29) is 5.91 Å². The van der Waals surface area contributed by atoms with Crippen LogP contribution in [0.2, 0.25) is 0 Å². The number of rotatable bonds is 2. The Morgan fingerprint density at radius 2 is 1.95 bits per heavy atom. The van der Waals surface area contributed by atoms with Crippen molar-refractivity contribution in [1.82, 2.24) is 14.4 Å². The second-order valence-electron chi connectivity index (χ2n) is 5.45. The summed E-state index contributed by atoms with van der Waals surface area (Å²) in [6.45, 7) is 3.92. The number of carbonyl (C=O) groups is 1. The molecule has 1 aromatic heterocycles. The van der Waals surface area contributed by atoms with E-state index >= 15 is 0 Å². The molecule has 2 aromatic rings. The van der Waals surface area contributed by atoms with E-state index in [1.54, 1.807) is 0 Å². The van der Waals surface area contributed by atoms with E-state index in [9.17, 15) is 4.79 Å². The van der Waals surface area contributed by atoms with Gasteiger partial charge in [0.05, 0.1) is 5.52 Å². The van der Waals surface area contributed by atoms with Gasteiger partial charge in [0.1, 0.15) is 6.54 Å². The topological polar surface area (TPSA) is 54.5 Å². The highest BCUT2D eigenvalue weighted by Gasteiger charge is 2.19. The van der Waals surface area contributed by atoms with Crippen LogP contribution >= 0.6 is 0 Å². The first-order valence-corrected chi connectivity index (χ1v) is 6.94. The summed E-state index contributed by atoms with van der Waals surface area (Å²) in [6.07, 6.45) is 1.96. The Kier molecular flexibility index (Phi) is 3.36. The number of likely N-dealkylation sites (N-methyl/N-ethyl adjacent to an activating group) is 1. The molecule has 3 rings (SSSR count). The maximum absolute atomic E-state index is 12.4. The number of nitrogen functional groups attached to an aromatic ring is 1. The Morgan fingerprint density at radius 1 is 1.20 bits per heavy atom. The first-order valence-electron chi connectivity index (χ1n) is 6.94. The molecule has 20 heavy (non-hydrogen) atoms. The minimum absolute atomic E-state index is 0.179. The van der Waals surface area contributed by atoms with E-state index in [1.165, 1.54) is 0 Å². The summed E-state index contributed by atoms with van der Waals surface area (Å²) in [5.41, 5.74) is 7.57. The molecule has 0 unspecified atom stereocenters. The summed E-state index contributed by atoms with van der Waals surface area (Å²) in [4.78, 5) is 16.5. The molecule has 0 aliphatic carbocycles. The highest BCUT2D eigenvalue weighted by Crippen LogP contribution is 2.19. The summed E-state index contributed by atoms with van der Waals surface area (Å²) >= 11 is 0. The van der Waals surface area contributed by atoms with E-state index in [0.29, 0.717) is 6.54 Å². The van der Waals surface area contributed by atoms with Crippen LogP contribution < -0.4 is 5.73 Å². The number of nitrogens with zero attached hydrogens (tertiary/aromatic N) is 3. The molecular weight excluding hydrogens is 252 g/mol. The van der Waals surface area contributed by atoms with Crippen molar-refractivity contribution in [1.29, 1.82) is 0 Å². The van der Waals surface area contributed by atoms with Gasteiger partial charge < -0.3 is 20.1 Å². The van der Waals surface area contributed by atoms with Crippen LogP contribution in [0.25, 0.3) is 10.9 Å². The van der Waals surface area contributed by atoms with Crippen molar-refractivity contribution in [3.8, 4) is 0 Å². The van der Waals surface area contributed by atoms with Crippen LogP contribution in [0, 0.1) is 0 Å². The number of carbonyl (C=O) groups excluding carboxylic acids is 1. The lowest BCUT2D eigenvalue weighted by atomic mass is 10.2. The van der Waals surface area contributed by atoms with Crippen LogP contribution in [0.3, 0.4) is 0 Å². The second kappa shape index (κ2) is 5.17. The van der Waals surface area contributed by atoms with Gasteiger partial charge in [-0.1, -0.05) is 6.07 Å². The smallest absolute Gasteiger partial charge is 0.242 e. The summed E-state index contributed by atoms with van der Waals surface area (Å²) < 4.78 is 1.98. The molecule has 1 saturated heterocycles. The maximum atomic E-state index is 12.4. The number of aromatic nitrogens is 1. The minimum Gasteiger partial charge on any atom is -0.399 e. The summed E-state index contributed by atoms with van der Waals surface area (Å²) in [7, 11) is 2.09. The average Bonchev–Trinajstić information content (AvgIpc) is 2.82. The molecule has 1 fully saturated rings. The van der Waals surface area contributed by atoms with E-state index in [0.717, 1.165) is 42.8 Å². The van der Waals surface area contributed by atoms with Crippen LogP contribution in [0.4, 0.5) is 5.69 Å². The normalized spacial score (nSPS) is 16.8. The lowest BCUT2D eigenvalue weighted by molar-refractivity contribution is -0.133. The molecule has 0 bridgehead atoms. The molecule has 0 radical (unpaired) electrons. The highest BCUT2D eigenvalue weighted by atomic mass is 16.2. The van der Waals surface area contributed by atoms with Gasteiger partial charge in [0.2, 0.25) is 5.91 Å². The fourth-order valence-corrected chi connectivity index (χ4v) is 2.64. The van der Waals surface area contributed by atoms with Crippen molar-refractivity contribution in [3.05, 3.63) is 30.5 Å². The van der Waals surface area contributed by atoms with E-state index in [2.05, 4.69) is 11.9 Å². The molecule has 5 heteroatoms. The second-order valence-corrected chi connectivity index (χ2v) is 5.45. The molecule has 0 spiro atoms. The first-order chi connectivity index (χ1) is 9.63. The van der Waals surface area contributed by atoms with E-state index in [1.807, 2.05) is 39.9 Å². The number of amides is 1. The van der Waals surface area contributed by atoms with Gasteiger partial charge in [-0.05, 0) is 30.6 Å². The number of nitrogens with two attached hydrogens (primary N) is 1. The lowest BCUT2D eigenvalue weighted by Gasteiger charge is -2.32. The zero-order valence-electron chi connectivity index (χ0n) is 11.7. The Hall–Kier alpha value is -2.01. The molecule has 1 amide bonds. The third-order valence-electron chi connectivity index (χ3n) is 3.96. The number of anilines is 1. The quantitative estimate of drug-likeness (QED) is 0.830. The van der Waals surface area contributed by atoms with Crippen molar-refractivity contribution in [2.24, 2.45) is 0 Å². The van der Waals surface area contributed by atoms with Crippen molar-refractivity contribution in [2.75, 3.05) is 39.0 Å². The van der Waals surface area contributed by atoms with Crippen molar-refractivity contribution in [3.63, 3.8) is 0 Å². The third kappa shape index (κ3) is 2.49. The Labute approximate surface area is 118 Å². The van der Waals surface area contributed by atoms with Gasteiger partial charge in [0.15, 0.2) is 0 Å². The Balaban J connectivity index is 1.76. The molecule has 1 aliphatic rings. The van der Waals surface area contributed by atoms with Crippen molar-refractivity contribution >= 4 is 22.5 Å². The monoisotopic (exact) mass is 272 g/mol. The molecule has 1 aliphatic heterocycles. The fraction of sp³-hybridized carbons (Fsp3) is 0.400. The zero-order valence-corrected chi connectivity index (χ0v) is 11.7. The number of piperazine rings is 1. The standard InChI is InChI=1S/C15H20N4O/c1-17-6-8-18(9-7-17)15(20)11-19-5-4-12-2-3-13(16)10-14(12)19/h2-5,10H,6-9,11,16H2,1H3. The molecule has 1 aromatic carbocycles. The van der Waals surface area contributed by atoms with Crippen LogP contribution in [-0.2, 0) is 11.3 Å². The maximum Gasteiger partial charge on any atom is 0.242 e. The van der Waals surface area contributed by atoms with Gasteiger partial charge in [-0.15, -0.1) is 0 Å². The highest BCUT2D eigenvalue weighted by molar-refractivity contribution is 5.85. The number of hydrogen-bond donors (Lipinski definition) is 1. The third-order valence-corrected chi connectivity index (χ3v) is 3.96. The summed E-state index contributed by atoms with van der Waals surface area (Å²) in [5, 5.41) is 1.12. The van der Waals surface area contributed by atoms with Gasteiger partial charge in [-0.25, -0.2) is 0 Å². The fourth-order valence-electron chi connectivity index (χ4n) is 2.64. The molecule has 5 nitrogen and oxygen atoms in total. The predicted octanol–water partition coefficient (Wildman–Crippen LogP) is 0.997. The number of fused-ring (bicyclic) bond motifs is 1. The summed E-state index contributed by atoms with van der Waals surface area (Å²) in [5.74, 6) is 0.179. The SMILES string of the molecule is CN1CCN(C(=O)Cn2ccc3ccc(N)cc32)CC1. The van der Waals surface area contributed by atoms with Crippen molar-refractivity contribution in [2.45, 2.75) is 6.54 Å². The molecule has 106 valence electrons. The van der Waals surface area contributed by atoms with Crippen LogP contribution in [0.15, 0.2) is 30.5 Å². The van der Waals surface area contributed by atoms with Crippen LogP contribution in [0.5, 0.6) is 0 Å². The van der Waals surface area contributed by atoms with E-state index in [4.69, 9.17) is 5.73 Å². The minimum atomic E-state index is 0.179. The molecule has 2 heterocycles.